The van der Waals surface area contributed by atoms with Crippen LogP contribution in [0, 0.1) is 5.92 Å². The van der Waals surface area contributed by atoms with E-state index in [1.165, 1.54) is 12.7 Å². The van der Waals surface area contributed by atoms with Gasteiger partial charge in [-0.05, 0) is 49.3 Å². The molecule has 2 aromatic heterocycles. The second-order valence-electron chi connectivity index (χ2n) is 9.71. The number of imidazole rings is 1. The van der Waals surface area contributed by atoms with E-state index in [-0.39, 0.29) is 17.6 Å². The number of aliphatic hydroxyl groups is 2. The Labute approximate surface area is 221 Å². The number of amides is 1. The molecular formula is C26H37N7O5. The molecule has 7 N–H and O–H groups in total. The van der Waals surface area contributed by atoms with Crippen molar-refractivity contribution in [3.8, 4) is 5.75 Å². The fraction of sp³-hybridized carbons (Fsp3) is 0.538. The molecule has 1 aromatic carbocycles. The number of nitrogens with zero attached hydrogens (tertiary/aromatic N) is 4. The number of nitrogens with two attached hydrogens (primary N) is 2. The van der Waals surface area contributed by atoms with E-state index in [1.807, 2.05) is 31.2 Å². The van der Waals surface area contributed by atoms with Gasteiger partial charge in [0.15, 0.2) is 17.7 Å². The first-order chi connectivity index (χ1) is 18.3. The molecule has 38 heavy (non-hydrogen) atoms. The second-order valence-corrected chi connectivity index (χ2v) is 9.71. The Balaban J connectivity index is 1.26. The Hall–Kier alpha value is -3.32. The van der Waals surface area contributed by atoms with Gasteiger partial charge in [-0.25, -0.2) is 15.0 Å². The molecule has 0 bridgehead atoms. The Bertz CT molecular complexity index is 1200. The number of hydrogen-bond acceptors (Lipinski definition) is 10. The first kappa shape index (κ1) is 27.7. The number of ether oxygens (including phenoxy) is 2. The molecule has 2 unspecified atom stereocenters. The van der Waals surface area contributed by atoms with E-state index in [9.17, 15) is 15.0 Å². The molecule has 1 saturated heterocycles. The van der Waals surface area contributed by atoms with Crippen molar-refractivity contribution in [1.82, 2.24) is 24.8 Å². The fourth-order valence-corrected chi connectivity index (χ4v) is 4.83. The van der Waals surface area contributed by atoms with Gasteiger partial charge in [0.25, 0.3) is 0 Å². The van der Waals surface area contributed by atoms with Crippen LogP contribution in [-0.4, -0.2) is 73.6 Å². The minimum Gasteiger partial charge on any atom is -0.497 e. The molecule has 3 aromatic rings. The normalized spacial score (nSPS) is 22.9. The fourth-order valence-electron chi connectivity index (χ4n) is 4.83. The topological polar surface area (TPSA) is 184 Å². The SMILES string of the molecule is CC[C@@H](CCC(N)C(=O)NCCc1ccc(OC)cc1)C[C@H]1O[C@@H](n2cnc3c(N)ncnc32)[C@@H](O)C1O. The standard InChI is InChI=1S/C26H37N7O5/c1-3-15(6-9-18(27)25(36)29-11-10-16-4-7-17(37-2)8-5-16)12-19-21(34)22(35)26(38-19)33-14-32-20-23(28)30-13-31-24(20)33/h4-5,7-8,13-15,18-19,21-22,26,34-35H,3,6,9-12,27H2,1-2H3,(H,29,36)(H2,28,30,31)/t15-,18?,19+,21?,22-,26+/m0/s1. The van der Waals surface area contributed by atoms with Crippen molar-refractivity contribution in [1.29, 1.82) is 0 Å². The number of aliphatic hydroxyl groups excluding tert-OH is 2. The maximum Gasteiger partial charge on any atom is 0.236 e. The highest BCUT2D eigenvalue weighted by atomic mass is 16.6. The molecule has 0 aliphatic carbocycles. The minimum absolute atomic E-state index is 0.149. The highest BCUT2D eigenvalue weighted by Crippen LogP contribution is 2.35. The zero-order valence-corrected chi connectivity index (χ0v) is 21.7. The van der Waals surface area contributed by atoms with E-state index < -0.39 is 30.6 Å². The number of carbonyl (C=O) groups excluding carboxylic acids is 1. The number of nitrogens with one attached hydrogen (secondary N) is 1. The van der Waals surface area contributed by atoms with Crippen molar-refractivity contribution in [2.45, 2.75) is 69.6 Å². The summed E-state index contributed by atoms with van der Waals surface area (Å²) in [5.74, 6) is 0.983. The number of rotatable bonds is 12. The number of anilines is 1. The zero-order chi connectivity index (χ0) is 27.2. The highest BCUT2D eigenvalue weighted by Gasteiger charge is 2.44. The number of fused-ring (bicyclic) bond motifs is 1. The number of aromatic nitrogens is 4. The monoisotopic (exact) mass is 527 g/mol. The van der Waals surface area contributed by atoms with Gasteiger partial charge >= 0.3 is 0 Å². The van der Waals surface area contributed by atoms with Crippen LogP contribution >= 0.6 is 0 Å². The van der Waals surface area contributed by atoms with Crippen molar-refractivity contribution in [2.24, 2.45) is 11.7 Å². The van der Waals surface area contributed by atoms with E-state index in [4.69, 9.17) is 20.9 Å². The van der Waals surface area contributed by atoms with Crippen molar-refractivity contribution >= 4 is 22.9 Å². The van der Waals surface area contributed by atoms with Gasteiger partial charge < -0.3 is 36.5 Å². The molecule has 3 heterocycles. The number of nitrogen functional groups attached to an aromatic ring is 1. The maximum atomic E-state index is 12.5. The Kier molecular flexibility index (Phi) is 9.10. The van der Waals surface area contributed by atoms with Crippen LogP contribution < -0.4 is 21.5 Å². The molecule has 4 rings (SSSR count). The van der Waals surface area contributed by atoms with Crippen molar-refractivity contribution in [3.63, 3.8) is 0 Å². The molecular weight excluding hydrogens is 490 g/mol. The van der Waals surface area contributed by atoms with Crippen LogP contribution in [0.3, 0.4) is 0 Å². The third-order valence-electron chi connectivity index (χ3n) is 7.24. The molecule has 1 aliphatic rings. The quantitative estimate of drug-likeness (QED) is 0.227. The Morgan fingerprint density at radius 3 is 2.66 bits per heavy atom. The summed E-state index contributed by atoms with van der Waals surface area (Å²) in [6.07, 6.45) is 2.32. The molecule has 1 amide bonds. The number of benzene rings is 1. The van der Waals surface area contributed by atoms with Crippen LogP contribution in [0.5, 0.6) is 5.75 Å². The largest absolute Gasteiger partial charge is 0.497 e. The van der Waals surface area contributed by atoms with E-state index in [1.54, 1.807) is 11.7 Å². The average molecular weight is 528 g/mol. The van der Waals surface area contributed by atoms with Gasteiger partial charge in [-0.1, -0.05) is 25.5 Å². The first-order valence-electron chi connectivity index (χ1n) is 12.9. The van der Waals surface area contributed by atoms with Crippen LogP contribution in [0.15, 0.2) is 36.9 Å². The molecule has 1 aliphatic heterocycles. The summed E-state index contributed by atoms with van der Waals surface area (Å²) in [5.41, 5.74) is 14.0. The third kappa shape index (κ3) is 6.21. The predicted octanol–water partition coefficient (Wildman–Crippen LogP) is 0.919. The van der Waals surface area contributed by atoms with E-state index >= 15 is 0 Å². The van der Waals surface area contributed by atoms with Gasteiger partial charge in [0.1, 0.15) is 29.8 Å². The third-order valence-corrected chi connectivity index (χ3v) is 7.24. The molecule has 206 valence electrons. The molecule has 0 spiro atoms. The van der Waals surface area contributed by atoms with Gasteiger partial charge in [-0.15, -0.1) is 0 Å². The van der Waals surface area contributed by atoms with Gasteiger partial charge in [0.05, 0.1) is 25.6 Å². The summed E-state index contributed by atoms with van der Waals surface area (Å²) in [5, 5.41) is 24.3. The smallest absolute Gasteiger partial charge is 0.236 e. The number of carbonyl (C=O) groups is 1. The Morgan fingerprint density at radius 2 is 1.95 bits per heavy atom. The van der Waals surface area contributed by atoms with Gasteiger partial charge in [0.2, 0.25) is 5.91 Å². The zero-order valence-electron chi connectivity index (χ0n) is 21.7. The maximum absolute atomic E-state index is 12.5. The average Bonchev–Trinajstić information content (AvgIpc) is 3.48. The summed E-state index contributed by atoms with van der Waals surface area (Å²) in [4.78, 5) is 24.8. The van der Waals surface area contributed by atoms with Gasteiger partial charge in [0, 0.05) is 6.54 Å². The van der Waals surface area contributed by atoms with E-state index in [0.717, 1.165) is 17.7 Å². The summed E-state index contributed by atoms with van der Waals surface area (Å²) >= 11 is 0. The van der Waals surface area contributed by atoms with Crippen LogP contribution in [-0.2, 0) is 16.0 Å². The molecule has 1 fully saturated rings. The van der Waals surface area contributed by atoms with E-state index in [2.05, 4.69) is 20.3 Å². The lowest BCUT2D eigenvalue weighted by molar-refractivity contribution is -0.122. The van der Waals surface area contributed by atoms with Crippen LogP contribution in [0.1, 0.15) is 44.4 Å². The molecule has 0 saturated carbocycles. The van der Waals surface area contributed by atoms with Crippen molar-refractivity contribution in [3.05, 3.63) is 42.5 Å². The van der Waals surface area contributed by atoms with Crippen molar-refractivity contribution in [2.75, 3.05) is 19.4 Å². The van der Waals surface area contributed by atoms with Crippen LogP contribution in [0.4, 0.5) is 5.82 Å². The summed E-state index contributed by atoms with van der Waals surface area (Å²) in [6.45, 7) is 2.54. The van der Waals surface area contributed by atoms with Gasteiger partial charge in [-0.3, -0.25) is 9.36 Å². The lowest BCUT2D eigenvalue weighted by atomic mass is 9.90. The van der Waals surface area contributed by atoms with Gasteiger partial charge in [-0.2, -0.15) is 0 Å². The Morgan fingerprint density at radius 1 is 1.18 bits per heavy atom. The molecule has 6 atom stereocenters. The first-order valence-corrected chi connectivity index (χ1v) is 12.9. The second kappa shape index (κ2) is 12.5. The molecule has 0 radical (unpaired) electrons. The number of methoxy groups -OCH3 is 1. The minimum atomic E-state index is -1.16. The van der Waals surface area contributed by atoms with Crippen LogP contribution in [0.2, 0.25) is 0 Å². The van der Waals surface area contributed by atoms with E-state index in [0.29, 0.717) is 43.4 Å². The number of hydrogen-bond donors (Lipinski definition) is 5. The lowest BCUT2D eigenvalue weighted by Crippen LogP contribution is -2.41. The predicted molar refractivity (Wildman–Crippen MR) is 141 cm³/mol. The summed E-state index contributed by atoms with van der Waals surface area (Å²) in [7, 11) is 1.62. The lowest BCUT2D eigenvalue weighted by Gasteiger charge is -2.22. The van der Waals surface area contributed by atoms with Crippen molar-refractivity contribution < 1.29 is 24.5 Å². The van der Waals surface area contributed by atoms with Crippen LogP contribution in [0.25, 0.3) is 11.2 Å². The molecule has 12 heteroatoms. The summed E-state index contributed by atoms with van der Waals surface area (Å²) in [6, 6.07) is 7.09. The molecule has 12 nitrogen and oxygen atoms in total. The highest BCUT2D eigenvalue weighted by molar-refractivity contribution is 5.81. The summed E-state index contributed by atoms with van der Waals surface area (Å²) < 4.78 is 12.8.